The molecule has 0 bridgehead atoms. The van der Waals surface area contributed by atoms with Gasteiger partial charge in [-0.15, -0.1) is 22.7 Å². The molecule has 0 saturated carbocycles. The highest BCUT2D eigenvalue weighted by Gasteiger charge is 2.18. The normalized spacial score (nSPS) is 13.2. The second-order valence-corrected chi connectivity index (χ2v) is 5.61. The van der Waals surface area contributed by atoms with E-state index < -0.39 is 0 Å². The van der Waals surface area contributed by atoms with E-state index in [4.69, 9.17) is 5.73 Å². The monoisotopic (exact) mass is 253 g/mol. The van der Waals surface area contributed by atoms with Gasteiger partial charge in [0, 0.05) is 23.2 Å². The quantitative estimate of drug-likeness (QED) is 0.911. The van der Waals surface area contributed by atoms with Gasteiger partial charge in [-0.1, -0.05) is 13.8 Å². The van der Waals surface area contributed by atoms with Crippen LogP contribution in [0.2, 0.25) is 0 Å². The Hall–Kier alpha value is -0.780. The lowest BCUT2D eigenvalue weighted by molar-refractivity contribution is 0.498. The Morgan fingerprint density at radius 2 is 2.19 bits per heavy atom. The van der Waals surface area contributed by atoms with Gasteiger partial charge in [-0.05, 0) is 5.92 Å². The third-order valence-electron chi connectivity index (χ3n) is 2.61. The van der Waals surface area contributed by atoms with E-state index in [0.717, 1.165) is 16.4 Å². The molecule has 86 valence electrons. The zero-order chi connectivity index (χ0) is 11.5. The van der Waals surface area contributed by atoms with Crippen LogP contribution in [0.25, 0.3) is 10.7 Å². The first kappa shape index (κ1) is 11.7. The summed E-state index contributed by atoms with van der Waals surface area (Å²) in [6.07, 6.45) is 0. The van der Waals surface area contributed by atoms with E-state index in [9.17, 15) is 0 Å². The molecule has 0 aliphatic rings. The molecule has 1 atom stereocenters. The topological polar surface area (TPSA) is 51.8 Å². The first-order valence-electron chi connectivity index (χ1n) is 5.26. The third kappa shape index (κ3) is 2.31. The Bertz CT molecular complexity index is 434. The number of thiazole rings is 2. The van der Waals surface area contributed by atoms with Crippen molar-refractivity contribution in [3.63, 3.8) is 0 Å². The molecule has 2 aromatic rings. The summed E-state index contributed by atoms with van der Waals surface area (Å²) >= 11 is 3.24. The van der Waals surface area contributed by atoms with Gasteiger partial charge in [0.15, 0.2) is 0 Å². The van der Waals surface area contributed by atoms with E-state index in [1.165, 1.54) is 0 Å². The van der Waals surface area contributed by atoms with Crippen molar-refractivity contribution in [2.45, 2.75) is 19.8 Å². The predicted octanol–water partition coefficient (Wildman–Crippen LogP) is 2.96. The van der Waals surface area contributed by atoms with Crippen LogP contribution in [0, 0.1) is 5.92 Å². The van der Waals surface area contributed by atoms with Crippen molar-refractivity contribution >= 4 is 22.7 Å². The molecule has 3 nitrogen and oxygen atoms in total. The summed E-state index contributed by atoms with van der Waals surface area (Å²) in [6.45, 7) is 5.01. The Kier molecular flexibility index (Phi) is 3.68. The first-order valence-corrected chi connectivity index (χ1v) is 7.08. The van der Waals surface area contributed by atoms with E-state index in [2.05, 4.69) is 29.2 Å². The zero-order valence-electron chi connectivity index (χ0n) is 9.38. The van der Waals surface area contributed by atoms with Gasteiger partial charge < -0.3 is 5.73 Å². The maximum atomic E-state index is 5.78. The maximum Gasteiger partial charge on any atom is 0.142 e. The number of hydrogen-bond acceptors (Lipinski definition) is 5. The average molecular weight is 253 g/mol. The van der Waals surface area contributed by atoms with Crippen molar-refractivity contribution in [3.8, 4) is 10.7 Å². The second kappa shape index (κ2) is 5.03. The summed E-state index contributed by atoms with van der Waals surface area (Å²) < 4.78 is 0. The molecule has 16 heavy (non-hydrogen) atoms. The minimum atomic E-state index is 0.351. The van der Waals surface area contributed by atoms with Gasteiger partial charge >= 0.3 is 0 Å². The molecule has 2 heterocycles. The highest BCUT2D eigenvalue weighted by atomic mass is 32.1. The van der Waals surface area contributed by atoms with Crippen LogP contribution in [0.3, 0.4) is 0 Å². The van der Waals surface area contributed by atoms with Crippen molar-refractivity contribution in [1.82, 2.24) is 9.97 Å². The Balaban J connectivity index is 2.25. The van der Waals surface area contributed by atoms with E-state index in [1.807, 2.05) is 10.9 Å². The molecule has 5 heteroatoms. The van der Waals surface area contributed by atoms with Gasteiger partial charge in [-0.3, -0.25) is 0 Å². The molecule has 0 saturated heterocycles. The smallest absolute Gasteiger partial charge is 0.142 e. The summed E-state index contributed by atoms with van der Waals surface area (Å²) in [5.41, 5.74) is 9.69. The molecule has 0 amide bonds. The number of nitrogens with zero attached hydrogens (tertiary/aromatic N) is 2. The van der Waals surface area contributed by atoms with Gasteiger partial charge in [0.2, 0.25) is 0 Å². The molecule has 2 N–H and O–H groups in total. The molecular formula is C11H15N3S2. The maximum absolute atomic E-state index is 5.78. The second-order valence-electron chi connectivity index (χ2n) is 4.04. The fourth-order valence-electron chi connectivity index (χ4n) is 1.63. The largest absolute Gasteiger partial charge is 0.330 e. The van der Waals surface area contributed by atoms with Crippen LogP contribution in [0.4, 0.5) is 0 Å². The SMILES string of the molecule is CC(C)C(CN)c1csc(-c2cscn2)n1. The molecule has 2 rings (SSSR count). The van der Waals surface area contributed by atoms with Gasteiger partial charge in [0.05, 0.1) is 11.2 Å². The molecule has 0 aliphatic carbocycles. The van der Waals surface area contributed by atoms with Crippen LogP contribution in [0.15, 0.2) is 16.3 Å². The lowest BCUT2D eigenvalue weighted by Crippen LogP contribution is -2.18. The van der Waals surface area contributed by atoms with Crippen molar-refractivity contribution in [2.75, 3.05) is 6.54 Å². The Morgan fingerprint density at radius 1 is 1.38 bits per heavy atom. The highest BCUT2D eigenvalue weighted by Crippen LogP contribution is 2.29. The van der Waals surface area contributed by atoms with Gasteiger partial charge in [-0.25, -0.2) is 9.97 Å². The highest BCUT2D eigenvalue weighted by molar-refractivity contribution is 7.13. The first-order chi connectivity index (χ1) is 7.72. The van der Waals surface area contributed by atoms with Gasteiger partial charge in [-0.2, -0.15) is 0 Å². The summed E-state index contributed by atoms with van der Waals surface area (Å²) in [4.78, 5) is 8.89. The lowest BCUT2D eigenvalue weighted by atomic mass is 9.93. The van der Waals surface area contributed by atoms with Crippen LogP contribution in [0.5, 0.6) is 0 Å². The van der Waals surface area contributed by atoms with E-state index >= 15 is 0 Å². The number of rotatable bonds is 4. The summed E-state index contributed by atoms with van der Waals surface area (Å²) in [7, 11) is 0. The van der Waals surface area contributed by atoms with E-state index in [0.29, 0.717) is 18.4 Å². The Labute approximate surface area is 103 Å². The molecule has 0 radical (unpaired) electrons. The molecule has 2 aromatic heterocycles. The summed E-state index contributed by atoms with van der Waals surface area (Å²) in [5.74, 6) is 0.874. The van der Waals surface area contributed by atoms with Crippen molar-refractivity contribution in [3.05, 3.63) is 22.0 Å². The van der Waals surface area contributed by atoms with Crippen molar-refractivity contribution in [1.29, 1.82) is 0 Å². The molecule has 0 spiro atoms. The van der Waals surface area contributed by atoms with Crippen LogP contribution in [-0.4, -0.2) is 16.5 Å². The number of hydrogen-bond donors (Lipinski definition) is 1. The molecule has 0 fully saturated rings. The lowest BCUT2D eigenvalue weighted by Gasteiger charge is -2.15. The average Bonchev–Trinajstić information content (AvgIpc) is 2.86. The fourth-order valence-corrected chi connectivity index (χ4v) is 3.09. The molecular weight excluding hydrogens is 238 g/mol. The minimum Gasteiger partial charge on any atom is -0.330 e. The fraction of sp³-hybridized carbons (Fsp3) is 0.455. The van der Waals surface area contributed by atoms with Gasteiger partial charge in [0.1, 0.15) is 10.7 Å². The third-order valence-corrected chi connectivity index (χ3v) is 4.08. The summed E-state index contributed by atoms with van der Waals surface area (Å²) in [5, 5.41) is 5.12. The summed E-state index contributed by atoms with van der Waals surface area (Å²) in [6, 6.07) is 0. The minimum absolute atomic E-state index is 0.351. The van der Waals surface area contributed by atoms with E-state index in [1.54, 1.807) is 22.7 Å². The zero-order valence-corrected chi connectivity index (χ0v) is 11.0. The van der Waals surface area contributed by atoms with Crippen molar-refractivity contribution in [2.24, 2.45) is 11.7 Å². The predicted molar refractivity (Wildman–Crippen MR) is 69.9 cm³/mol. The molecule has 1 unspecified atom stereocenters. The standard InChI is InChI=1S/C11H15N3S2/c1-7(2)8(3-12)9-5-16-11(14-9)10-4-15-6-13-10/h4-8H,3,12H2,1-2H3. The van der Waals surface area contributed by atoms with Crippen LogP contribution in [0.1, 0.15) is 25.5 Å². The number of nitrogens with two attached hydrogens (primary N) is 1. The molecule has 0 aliphatic heterocycles. The van der Waals surface area contributed by atoms with Crippen LogP contribution >= 0.6 is 22.7 Å². The van der Waals surface area contributed by atoms with Crippen LogP contribution < -0.4 is 5.73 Å². The van der Waals surface area contributed by atoms with Crippen LogP contribution in [-0.2, 0) is 0 Å². The van der Waals surface area contributed by atoms with E-state index in [-0.39, 0.29) is 0 Å². The Morgan fingerprint density at radius 3 is 2.75 bits per heavy atom. The number of aromatic nitrogens is 2. The molecule has 0 aromatic carbocycles. The van der Waals surface area contributed by atoms with Crippen molar-refractivity contribution < 1.29 is 0 Å². The van der Waals surface area contributed by atoms with Gasteiger partial charge in [0.25, 0.3) is 0 Å².